The Labute approximate surface area is 281 Å². The lowest BCUT2D eigenvalue weighted by Gasteiger charge is -2.30. The van der Waals surface area contributed by atoms with Crippen molar-refractivity contribution >= 4 is 36.2 Å². The first-order chi connectivity index (χ1) is 23.1. The third-order valence-corrected chi connectivity index (χ3v) is 7.18. The van der Waals surface area contributed by atoms with E-state index in [0.717, 1.165) is 23.8 Å². The first-order valence-corrected chi connectivity index (χ1v) is 15.6. The molecular weight excluding hydrogens is 649 g/mol. The number of guanidine groups is 1. The highest BCUT2D eigenvalue weighted by Gasteiger charge is 2.40. The summed E-state index contributed by atoms with van der Waals surface area (Å²) in [5, 5.41) is 7.25. The Morgan fingerprint density at radius 2 is 1.76 bits per heavy atom. The van der Waals surface area contributed by atoms with Gasteiger partial charge in [0.15, 0.2) is 5.96 Å². The average Bonchev–Trinajstić information content (AvgIpc) is 3.53. The van der Waals surface area contributed by atoms with E-state index in [0.29, 0.717) is 12.7 Å². The first kappa shape index (κ1) is 38.3. The maximum Gasteiger partial charge on any atom is 0.416 e. The molecule has 2 aromatic carbocycles. The zero-order valence-corrected chi connectivity index (χ0v) is 27.4. The average molecular weight is 691 g/mol. The van der Waals surface area contributed by atoms with Crippen LogP contribution in [0.3, 0.4) is 0 Å². The summed E-state index contributed by atoms with van der Waals surface area (Å²) in [5.41, 5.74) is 4.37. The lowest BCUT2D eigenvalue weighted by atomic mass is 10.0. The van der Waals surface area contributed by atoms with Crippen LogP contribution in [0.1, 0.15) is 69.2 Å². The molecule has 16 heteroatoms. The number of carbonyl (C=O) groups excluding carboxylic acids is 5. The van der Waals surface area contributed by atoms with Gasteiger partial charge in [-0.3, -0.25) is 19.9 Å². The van der Waals surface area contributed by atoms with Gasteiger partial charge in [-0.25, -0.2) is 9.59 Å². The third kappa shape index (κ3) is 12.4. The number of nitrogens with zero attached hydrogens (tertiary/aromatic N) is 2. The smallest absolute Gasteiger partial charge is 0.416 e. The van der Waals surface area contributed by atoms with E-state index in [9.17, 15) is 37.1 Å². The van der Waals surface area contributed by atoms with E-state index in [1.54, 1.807) is 45.0 Å². The molecule has 4 amide bonds. The van der Waals surface area contributed by atoms with Crippen molar-refractivity contribution < 1.29 is 46.6 Å². The largest absolute Gasteiger partial charge is 0.444 e. The van der Waals surface area contributed by atoms with Crippen molar-refractivity contribution in [1.29, 1.82) is 0 Å². The fourth-order valence-corrected chi connectivity index (χ4v) is 4.94. The molecule has 3 atom stereocenters. The third-order valence-electron chi connectivity index (χ3n) is 7.18. The summed E-state index contributed by atoms with van der Waals surface area (Å²) in [6.45, 7) is 4.98. The highest BCUT2D eigenvalue weighted by atomic mass is 19.4. The van der Waals surface area contributed by atoms with Gasteiger partial charge in [-0.05, 0) is 69.7 Å². The second-order valence-corrected chi connectivity index (χ2v) is 12.2. The molecule has 49 heavy (non-hydrogen) atoms. The number of benzene rings is 2. The van der Waals surface area contributed by atoms with Crippen molar-refractivity contribution in [2.75, 3.05) is 13.1 Å². The molecular formula is C33H41F3N6O7. The minimum Gasteiger partial charge on any atom is -0.444 e. The zero-order valence-electron chi connectivity index (χ0n) is 27.4. The SMILES string of the molecule is CC(C)(C)OC(=O)NC(C(=O)N1CCC[C@H]1C(=O)N[C@H](C=O)CCCN=C(N)NC(=O)OCc1ccccc1)c1cccc(C(F)(F)F)c1. The fraction of sp³-hybridized carbons (Fsp3) is 0.455. The molecule has 266 valence electrons. The Kier molecular flexibility index (Phi) is 13.5. The molecule has 0 spiro atoms. The molecule has 1 fully saturated rings. The minimum absolute atomic E-state index is 0.0385. The van der Waals surface area contributed by atoms with E-state index < -0.39 is 59.5 Å². The molecule has 2 aromatic rings. The predicted octanol–water partition coefficient (Wildman–Crippen LogP) is 3.97. The van der Waals surface area contributed by atoms with Crippen LogP contribution in [0.5, 0.6) is 0 Å². The maximum absolute atomic E-state index is 13.8. The van der Waals surface area contributed by atoms with E-state index in [1.807, 2.05) is 6.07 Å². The number of hydrogen-bond acceptors (Lipinski definition) is 8. The monoisotopic (exact) mass is 690 g/mol. The molecule has 3 rings (SSSR count). The molecule has 0 bridgehead atoms. The van der Waals surface area contributed by atoms with Crippen LogP contribution in [0, 0.1) is 0 Å². The number of alkyl halides is 3. The van der Waals surface area contributed by atoms with Crippen LogP contribution in [0.2, 0.25) is 0 Å². The number of aldehydes is 1. The number of alkyl carbamates (subject to hydrolysis) is 2. The van der Waals surface area contributed by atoms with Gasteiger partial charge < -0.3 is 35.5 Å². The minimum atomic E-state index is -4.71. The summed E-state index contributed by atoms with van der Waals surface area (Å²) in [4.78, 5) is 68.7. The Morgan fingerprint density at radius 3 is 2.41 bits per heavy atom. The van der Waals surface area contributed by atoms with Crippen LogP contribution in [-0.4, -0.2) is 71.9 Å². The Balaban J connectivity index is 1.60. The number of ether oxygens (including phenoxy) is 2. The molecule has 0 radical (unpaired) electrons. The van der Waals surface area contributed by atoms with Gasteiger partial charge in [0.1, 0.15) is 30.6 Å². The lowest BCUT2D eigenvalue weighted by molar-refractivity contribution is -0.141. The van der Waals surface area contributed by atoms with Gasteiger partial charge in [0.25, 0.3) is 5.91 Å². The van der Waals surface area contributed by atoms with Gasteiger partial charge in [-0.2, -0.15) is 13.2 Å². The highest BCUT2D eigenvalue weighted by molar-refractivity contribution is 5.94. The second kappa shape index (κ2) is 17.3. The molecule has 1 aliphatic rings. The molecule has 0 aliphatic carbocycles. The molecule has 0 aromatic heterocycles. The van der Waals surface area contributed by atoms with Gasteiger partial charge >= 0.3 is 18.4 Å². The molecule has 1 unspecified atom stereocenters. The van der Waals surface area contributed by atoms with Crippen molar-refractivity contribution in [3.05, 3.63) is 71.3 Å². The Morgan fingerprint density at radius 1 is 1.04 bits per heavy atom. The van der Waals surface area contributed by atoms with Crippen molar-refractivity contribution in [2.24, 2.45) is 10.7 Å². The number of nitrogens with two attached hydrogens (primary N) is 1. The maximum atomic E-state index is 13.8. The standard InChI is InChI=1S/C33H41F3N6O7/c1-32(2,3)49-31(47)40-26(22-12-7-13-23(18-22)33(34,35)36)28(45)42-17-9-15-25(42)27(44)39-24(19-43)14-8-16-38-29(37)41-30(46)48-20-21-10-5-4-6-11-21/h4-7,10-13,18-19,24-26H,8-9,14-17,20H2,1-3H3,(H,39,44)(H,40,47)(H3,37,38,41,46)/t24-,25-,26?/m0/s1. The Hall–Kier alpha value is -5.15. The summed E-state index contributed by atoms with van der Waals surface area (Å²) >= 11 is 0. The lowest BCUT2D eigenvalue weighted by Crippen LogP contribution is -2.52. The predicted molar refractivity (Wildman–Crippen MR) is 172 cm³/mol. The second-order valence-electron chi connectivity index (χ2n) is 12.2. The molecule has 1 saturated heterocycles. The highest BCUT2D eigenvalue weighted by Crippen LogP contribution is 2.32. The normalized spacial score (nSPS) is 16.2. The van der Waals surface area contributed by atoms with Crippen LogP contribution >= 0.6 is 0 Å². The van der Waals surface area contributed by atoms with Crippen LogP contribution in [0.4, 0.5) is 22.8 Å². The quantitative estimate of drug-likeness (QED) is 0.112. The van der Waals surface area contributed by atoms with Crippen molar-refractivity contribution in [3.8, 4) is 0 Å². The van der Waals surface area contributed by atoms with Crippen molar-refractivity contribution in [3.63, 3.8) is 0 Å². The Bertz CT molecular complexity index is 1500. The summed E-state index contributed by atoms with van der Waals surface area (Å²) in [5.74, 6) is -1.65. The van der Waals surface area contributed by atoms with E-state index in [4.69, 9.17) is 15.2 Å². The zero-order chi connectivity index (χ0) is 36.2. The number of amides is 4. The topological polar surface area (TPSA) is 182 Å². The van der Waals surface area contributed by atoms with Gasteiger partial charge in [0.2, 0.25) is 5.91 Å². The van der Waals surface area contributed by atoms with Crippen LogP contribution in [0.25, 0.3) is 0 Å². The molecule has 1 aliphatic heterocycles. The van der Waals surface area contributed by atoms with E-state index in [-0.39, 0.29) is 50.5 Å². The molecule has 5 N–H and O–H groups in total. The number of aliphatic imine (C=N–C) groups is 1. The first-order valence-electron chi connectivity index (χ1n) is 15.6. The number of rotatable bonds is 12. The summed E-state index contributed by atoms with van der Waals surface area (Å²) in [6, 6.07) is 9.38. The number of likely N-dealkylation sites (tertiary alicyclic amines) is 1. The summed E-state index contributed by atoms with van der Waals surface area (Å²) in [7, 11) is 0. The summed E-state index contributed by atoms with van der Waals surface area (Å²) < 4.78 is 50.8. The number of nitrogens with one attached hydrogen (secondary N) is 3. The summed E-state index contributed by atoms with van der Waals surface area (Å²) in [6.07, 6.45) is -4.96. The van der Waals surface area contributed by atoms with E-state index in [2.05, 4.69) is 20.9 Å². The van der Waals surface area contributed by atoms with Gasteiger partial charge in [0.05, 0.1) is 11.6 Å². The van der Waals surface area contributed by atoms with Gasteiger partial charge in [-0.15, -0.1) is 0 Å². The molecule has 1 heterocycles. The van der Waals surface area contributed by atoms with Crippen LogP contribution < -0.4 is 21.7 Å². The van der Waals surface area contributed by atoms with Crippen molar-refractivity contribution in [2.45, 2.75) is 83.0 Å². The number of hydrogen-bond donors (Lipinski definition) is 4. The van der Waals surface area contributed by atoms with E-state index in [1.165, 1.54) is 11.0 Å². The van der Waals surface area contributed by atoms with Gasteiger partial charge in [-0.1, -0.05) is 42.5 Å². The van der Waals surface area contributed by atoms with Gasteiger partial charge in [0, 0.05) is 13.1 Å². The fourth-order valence-electron chi connectivity index (χ4n) is 4.94. The molecule has 13 nitrogen and oxygen atoms in total. The van der Waals surface area contributed by atoms with Crippen LogP contribution in [0.15, 0.2) is 59.6 Å². The number of halogens is 3. The number of carbonyl (C=O) groups is 5. The van der Waals surface area contributed by atoms with E-state index >= 15 is 0 Å². The van der Waals surface area contributed by atoms with Crippen molar-refractivity contribution in [1.82, 2.24) is 20.9 Å². The molecule has 0 saturated carbocycles. The van der Waals surface area contributed by atoms with Crippen LogP contribution in [-0.2, 0) is 36.6 Å².